The summed E-state index contributed by atoms with van der Waals surface area (Å²) in [6.07, 6.45) is -1.11. The van der Waals surface area contributed by atoms with Gasteiger partial charge in [0.1, 0.15) is 17.9 Å². The Morgan fingerprint density at radius 2 is 1.45 bits per heavy atom. The predicted molar refractivity (Wildman–Crippen MR) is 118 cm³/mol. The van der Waals surface area contributed by atoms with E-state index in [-0.39, 0.29) is 10.3 Å². The summed E-state index contributed by atoms with van der Waals surface area (Å²) in [5, 5.41) is -0.448. The lowest BCUT2D eigenvalue weighted by atomic mass is 10.2. The molecule has 0 spiro atoms. The number of anilines is 1. The third-order valence-electron chi connectivity index (χ3n) is 4.26. The van der Waals surface area contributed by atoms with Gasteiger partial charge in [-0.1, -0.05) is 41.9 Å². The monoisotopic (exact) mass is 527 g/mol. The molecule has 33 heavy (non-hydrogen) atoms. The zero-order valence-electron chi connectivity index (χ0n) is 17.2. The number of halogens is 4. The Labute approximate surface area is 195 Å². The van der Waals surface area contributed by atoms with Gasteiger partial charge < -0.3 is 4.74 Å². The molecule has 0 aliphatic heterocycles. The van der Waals surface area contributed by atoms with Gasteiger partial charge in [0.25, 0.3) is 0 Å². The van der Waals surface area contributed by atoms with E-state index < -0.39 is 85.8 Å². The molecule has 0 bridgehead atoms. The van der Waals surface area contributed by atoms with E-state index >= 15 is 4.39 Å². The first-order valence-corrected chi connectivity index (χ1v) is 13.2. The van der Waals surface area contributed by atoms with Crippen molar-refractivity contribution in [2.75, 3.05) is 28.6 Å². The van der Waals surface area contributed by atoms with E-state index in [1.165, 1.54) is 0 Å². The molecule has 0 amide bonds. The second kappa shape index (κ2) is 11.7. The SMILES string of the molecule is O=C(OCc1ccccc1)c1c(Cl)ccc(N(S(=O)(=O)CCCF)S(=O)(=O)CCCF)c1F. The minimum Gasteiger partial charge on any atom is -0.457 e. The van der Waals surface area contributed by atoms with E-state index in [4.69, 9.17) is 16.3 Å². The van der Waals surface area contributed by atoms with Crippen LogP contribution in [0, 0.1) is 5.82 Å². The molecule has 0 N–H and O–H groups in total. The van der Waals surface area contributed by atoms with Gasteiger partial charge in [-0.05, 0) is 30.5 Å². The summed E-state index contributed by atoms with van der Waals surface area (Å²) in [5.74, 6) is -4.75. The number of alkyl halides is 2. The normalized spacial score (nSPS) is 11.9. The molecular formula is C20H21ClF3NO6S2. The van der Waals surface area contributed by atoms with Crippen molar-refractivity contribution in [1.82, 2.24) is 0 Å². The minimum absolute atomic E-state index is 0.231. The molecule has 0 aliphatic carbocycles. The van der Waals surface area contributed by atoms with Crippen LogP contribution in [0.15, 0.2) is 42.5 Å². The van der Waals surface area contributed by atoms with Crippen molar-refractivity contribution in [2.24, 2.45) is 0 Å². The number of ether oxygens (including phenoxy) is 1. The van der Waals surface area contributed by atoms with Crippen molar-refractivity contribution in [3.05, 3.63) is 64.4 Å². The van der Waals surface area contributed by atoms with Crippen molar-refractivity contribution in [1.29, 1.82) is 0 Å². The molecule has 2 rings (SSSR count). The highest BCUT2D eigenvalue weighted by Gasteiger charge is 2.37. The van der Waals surface area contributed by atoms with Crippen LogP contribution < -0.4 is 3.71 Å². The van der Waals surface area contributed by atoms with Gasteiger partial charge in [0.15, 0.2) is 5.82 Å². The lowest BCUT2D eigenvalue weighted by molar-refractivity contribution is 0.0467. The quantitative estimate of drug-likeness (QED) is 0.387. The molecule has 2 aromatic rings. The van der Waals surface area contributed by atoms with Gasteiger partial charge in [0, 0.05) is 0 Å². The van der Waals surface area contributed by atoms with E-state index in [9.17, 15) is 30.4 Å². The van der Waals surface area contributed by atoms with Gasteiger partial charge in [-0.15, -0.1) is 0 Å². The largest absolute Gasteiger partial charge is 0.457 e. The summed E-state index contributed by atoms with van der Waals surface area (Å²) in [5.41, 5.74) is -1.33. The smallest absolute Gasteiger partial charge is 0.343 e. The molecule has 0 unspecified atom stereocenters. The number of rotatable bonds is 12. The van der Waals surface area contributed by atoms with Crippen LogP contribution in [0.4, 0.5) is 18.9 Å². The van der Waals surface area contributed by atoms with Crippen molar-refractivity contribution in [3.63, 3.8) is 0 Å². The van der Waals surface area contributed by atoms with Gasteiger partial charge in [-0.3, -0.25) is 8.78 Å². The molecular weight excluding hydrogens is 507 g/mol. The summed E-state index contributed by atoms with van der Waals surface area (Å²) < 4.78 is 96.1. The Balaban J connectivity index is 2.52. The maximum Gasteiger partial charge on any atom is 0.343 e. The average Bonchev–Trinajstić information content (AvgIpc) is 2.77. The molecule has 0 radical (unpaired) electrons. The maximum atomic E-state index is 15.4. The summed E-state index contributed by atoms with van der Waals surface area (Å²) in [6.45, 7) is -2.40. The number of hydrogen-bond acceptors (Lipinski definition) is 6. The van der Waals surface area contributed by atoms with Crippen LogP contribution in [-0.4, -0.2) is 47.7 Å². The van der Waals surface area contributed by atoms with Crippen LogP contribution in [0.2, 0.25) is 5.02 Å². The van der Waals surface area contributed by atoms with Crippen LogP contribution >= 0.6 is 11.6 Å². The third-order valence-corrected chi connectivity index (χ3v) is 8.95. The Bertz CT molecular complexity index is 1140. The number of carbonyl (C=O) groups excluding carboxylic acids is 1. The molecule has 7 nitrogen and oxygen atoms in total. The minimum atomic E-state index is -4.81. The fraction of sp³-hybridized carbons (Fsp3) is 0.350. The molecule has 0 heterocycles. The zero-order valence-corrected chi connectivity index (χ0v) is 19.6. The highest BCUT2D eigenvalue weighted by Crippen LogP contribution is 2.33. The van der Waals surface area contributed by atoms with Crippen molar-refractivity contribution in [3.8, 4) is 0 Å². The number of esters is 1. The lowest BCUT2D eigenvalue weighted by Gasteiger charge is -2.25. The first-order chi connectivity index (χ1) is 15.5. The standard InChI is InChI=1S/C20H21ClF3NO6S2/c21-16-8-9-17(19(24)18(16)20(26)31-14-15-6-2-1-3-7-15)25(32(27,28)12-4-10-22)33(29,30)13-5-11-23/h1-3,6-9H,4-5,10-14H2. The number of hydrogen-bond donors (Lipinski definition) is 0. The molecule has 0 aromatic heterocycles. The lowest BCUT2D eigenvalue weighted by Crippen LogP contribution is -2.41. The first-order valence-electron chi connectivity index (χ1n) is 9.62. The van der Waals surface area contributed by atoms with E-state index in [1.54, 1.807) is 30.3 Å². The molecule has 0 fully saturated rings. The first kappa shape index (κ1) is 26.9. The molecule has 0 atom stereocenters. The van der Waals surface area contributed by atoms with Gasteiger partial charge in [0.2, 0.25) is 20.0 Å². The topological polar surface area (TPSA) is 97.8 Å². The maximum absolute atomic E-state index is 15.4. The van der Waals surface area contributed by atoms with Gasteiger partial charge >= 0.3 is 5.97 Å². The summed E-state index contributed by atoms with van der Waals surface area (Å²) >= 11 is 5.92. The third kappa shape index (κ3) is 6.84. The second-order valence-corrected chi connectivity index (χ2v) is 11.2. The molecule has 13 heteroatoms. The van der Waals surface area contributed by atoms with Gasteiger partial charge in [-0.25, -0.2) is 26.0 Å². The van der Waals surface area contributed by atoms with Crippen molar-refractivity contribution in [2.45, 2.75) is 19.4 Å². The van der Waals surface area contributed by atoms with Crippen LogP contribution in [0.3, 0.4) is 0 Å². The summed E-state index contributed by atoms with van der Waals surface area (Å²) in [4.78, 5) is 12.5. The van der Waals surface area contributed by atoms with E-state index in [1.807, 2.05) is 0 Å². The van der Waals surface area contributed by atoms with E-state index in [0.29, 0.717) is 5.56 Å². The molecule has 182 valence electrons. The number of benzene rings is 2. The Kier molecular flexibility index (Phi) is 9.56. The number of nitrogens with zero attached hydrogens (tertiary/aromatic N) is 1. The average molecular weight is 528 g/mol. The Morgan fingerprint density at radius 1 is 0.909 bits per heavy atom. The van der Waals surface area contributed by atoms with E-state index in [2.05, 4.69) is 0 Å². The number of sulfonamides is 2. The highest BCUT2D eigenvalue weighted by atomic mass is 35.5. The zero-order chi connectivity index (χ0) is 24.6. The molecule has 0 saturated carbocycles. The van der Waals surface area contributed by atoms with Crippen LogP contribution in [-0.2, 0) is 31.4 Å². The van der Waals surface area contributed by atoms with Crippen LogP contribution in [0.1, 0.15) is 28.8 Å². The molecule has 0 saturated heterocycles. The fourth-order valence-corrected chi connectivity index (χ4v) is 6.99. The van der Waals surface area contributed by atoms with Crippen molar-refractivity contribution >= 4 is 43.3 Å². The molecule has 2 aromatic carbocycles. The van der Waals surface area contributed by atoms with Gasteiger partial charge in [0.05, 0.1) is 29.9 Å². The summed E-state index contributed by atoms with van der Waals surface area (Å²) in [7, 11) is -9.62. The van der Waals surface area contributed by atoms with Crippen LogP contribution in [0.5, 0.6) is 0 Å². The van der Waals surface area contributed by atoms with Gasteiger partial charge in [-0.2, -0.15) is 3.71 Å². The summed E-state index contributed by atoms with van der Waals surface area (Å²) in [6, 6.07) is 10.1. The Morgan fingerprint density at radius 3 is 1.97 bits per heavy atom. The molecule has 0 aliphatic rings. The van der Waals surface area contributed by atoms with E-state index in [0.717, 1.165) is 12.1 Å². The second-order valence-electron chi connectivity index (χ2n) is 6.73. The Hall–Kier alpha value is -2.31. The highest BCUT2D eigenvalue weighted by molar-refractivity contribution is 8.10. The fourth-order valence-electron chi connectivity index (χ4n) is 2.78. The number of carbonyl (C=O) groups is 1. The predicted octanol–water partition coefficient (Wildman–Crippen LogP) is 4.02. The van der Waals surface area contributed by atoms with Crippen LogP contribution in [0.25, 0.3) is 0 Å². The van der Waals surface area contributed by atoms with Crippen molar-refractivity contribution < 1.29 is 39.5 Å².